The van der Waals surface area contributed by atoms with Crippen LogP contribution in [0.3, 0.4) is 0 Å². The van der Waals surface area contributed by atoms with Gasteiger partial charge in [0, 0.05) is 0 Å². The second kappa shape index (κ2) is 6.90. The summed E-state index contributed by atoms with van der Waals surface area (Å²) in [5.74, 6) is 0. The Balaban J connectivity index is 0.000000231. The first kappa shape index (κ1) is 18.8. The fourth-order valence-electron chi connectivity index (χ4n) is 1.18. The van der Waals surface area contributed by atoms with Crippen molar-refractivity contribution in [1.29, 1.82) is 0 Å². The molecule has 0 saturated heterocycles. The minimum absolute atomic E-state index is 0.0321. The third-order valence-electron chi connectivity index (χ3n) is 2.24. The first-order chi connectivity index (χ1) is 10.4. The average molecular weight is 359 g/mol. The number of halogens is 7. The Labute approximate surface area is 131 Å². The minimum Gasteiger partial charge on any atom is -0.397 e. The minimum atomic E-state index is -4.47. The van der Waals surface area contributed by atoms with Crippen LogP contribution in [-0.4, -0.2) is 9.97 Å². The van der Waals surface area contributed by atoms with Crippen molar-refractivity contribution in [3.8, 4) is 0 Å². The molecule has 0 amide bonds. The van der Waals surface area contributed by atoms with Crippen LogP contribution in [0.4, 0.5) is 37.7 Å². The van der Waals surface area contributed by atoms with Gasteiger partial charge in [0.25, 0.3) is 0 Å². The van der Waals surface area contributed by atoms with E-state index in [1.165, 1.54) is 0 Å². The predicted octanol–water partition coefficient (Wildman–Crippen LogP) is 4.02. The molecule has 23 heavy (non-hydrogen) atoms. The molecule has 11 heteroatoms. The van der Waals surface area contributed by atoms with E-state index in [-0.39, 0.29) is 16.5 Å². The summed E-state index contributed by atoms with van der Waals surface area (Å²) in [6.45, 7) is 0. The zero-order valence-corrected chi connectivity index (χ0v) is 11.8. The molecule has 0 aliphatic rings. The van der Waals surface area contributed by atoms with Gasteiger partial charge in [-0.05, 0) is 24.3 Å². The number of nitrogens with zero attached hydrogens (tertiary/aromatic N) is 2. The molecule has 0 bridgehead atoms. The van der Waals surface area contributed by atoms with E-state index in [1.54, 1.807) is 0 Å². The Morgan fingerprint density at radius 2 is 1.35 bits per heavy atom. The summed E-state index contributed by atoms with van der Waals surface area (Å²) in [5.41, 5.74) is 8.60. The number of aromatic nitrogens is 2. The van der Waals surface area contributed by atoms with Gasteiger partial charge in [-0.3, -0.25) is 0 Å². The largest absolute Gasteiger partial charge is 0.433 e. The third kappa shape index (κ3) is 5.81. The molecule has 126 valence electrons. The number of hydrogen-bond donors (Lipinski definition) is 2. The standard InChI is InChI=1S/C6H4ClF3N2.C6H5F3N2/c7-5-3(11)1-2-4(12-5)6(8,9)10;7-6(8,9)5-2-1-4(10)3-11-5/h1-2H,11H2;1-3H,10H2. The van der Waals surface area contributed by atoms with Gasteiger partial charge in [0.1, 0.15) is 11.4 Å². The Bertz CT molecular complexity index is 654. The van der Waals surface area contributed by atoms with Crippen LogP contribution in [-0.2, 0) is 12.4 Å². The number of hydrogen-bond acceptors (Lipinski definition) is 4. The fourth-order valence-corrected chi connectivity index (χ4v) is 1.33. The van der Waals surface area contributed by atoms with Gasteiger partial charge in [0.15, 0.2) is 5.15 Å². The molecular formula is C12H9ClF6N4. The summed E-state index contributed by atoms with van der Waals surface area (Å²) in [4.78, 5) is 6.16. The molecule has 0 aliphatic heterocycles. The van der Waals surface area contributed by atoms with Crippen molar-refractivity contribution in [3.63, 3.8) is 0 Å². The zero-order chi connectivity index (χ0) is 17.8. The van der Waals surface area contributed by atoms with Crippen molar-refractivity contribution in [2.24, 2.45) is 0 Å². The van der Waals surface area contributed by atoms with E-state index >= 15 is 0 Å². The summed E-state index contributed by atoms with van der Waals surface area (Å²) in [6.07, 6.45) is -7.88. The second-order valence-corrected chi connectivity index (χ2v) is 4.41. The van der Waals surface area contributed by atoms with Crippen molar-refractivity contribution in [2.45, 2.75) is 12.4 Å². The van der Waals surface area contributed by atoms with Crippen LogP contribution in [0.5, 0.6) is 0 Å². The van der Waals surface area contributed by atoms with Crippen molar-refractivity contribution < 1.29 is 26.3 Å². The van der Waals surface area contributed by atoms with E-state index in [0.29, 0.717) is 0 Å². The van der Waals surface area contributed by atoms with Gasteiger partial charge in [-0.2, -0.15) is 26.3 Å². The van der Waals surface area contributed by atoms with Gasteiger partial charge >= 0.3 is 12.4 Å². The number of rotatable bonds is 0. The SMILES string of the molecule is Nc1ccc(C(F)(F)F)nc1.Nc1ccc(C(F)(F)F)nc1Cl. The highest BCUT2D eigenvalue weighted by atomic mass is 35.5. The van der Waals surface area contributed by atoms with Crippen molar-refractivity contribution in [3.05, 3.63) is 47.0 Å². The molecule has 0 spiro atoms. The Hall–Kier alpha value is -2.23. The lowest BCUT2D eigenvalue weighted by Crippen LogP contribution is -2.08. The first-order valence-electron chi connectivity index (χ1n) is 5.69. The maximum atomic E-state index is 11.9. The number of anilines is 2. The first-order valence-corrected chi connectivity index (χ1v) is 6.07. The molecule has 0 unspecified atom stereocenters. The molecule has 4 N–H and O–H groups in total. The fraction of sp³-hybridized carbons (Fsp3) is 0.167. The monoisotopic (exact) mass is 358 g/mol. The summed E-state index contributed by atoms with van der Waals surface area (Å²) in [7, 11) is 0. The van der Waals surface area contributed by atoms with Crippen molar-refractivity contribution in [1.82, 2.24) is 9.97 Å². The third-order valence-corrected chi connectivity index (χ3v) is 2.55. The van der Waals surface area contributed by atoms with E-state index in [0.717, 1.165) is 30.5 Å². The maximum absolute atomic E-state index is 11.9. The highest BCUT2D eigenvalue weighted by Crippen LogP contribution is 2.30. The molecule has 0 atom stereocenters. The maximum Gasteiger partial charge on any atom is 0.433 e. The van der Waals surface area contributed by atoms with Crippen LogP contribution in [0, 0.1) is 0 Å². The Morgan fingerprint density at radius 3 is 1.74 bits per heavy atom. The quantitative estimate of drug-likeness (QED) is 0.551. The van der Waals surface area contributed by atoms with Crippen LogP contribution < -0.4 is 11.5 Å². The topological polar surface area (TPSA) is 77.8 Å². The summed E-state index contributed by atoms with van der Waals surface area (Å²) >= 11 is 5.28. The Kier molecular flexibility index (Phi) is 5.65. The lowest BCUT2D eigenvalue weighted by molar-refractivity contribution is -0.141. The van der Waals surface area contributed by atoms with Gasteiger partial charge in [-0.1, -0.05) is 11.6 Å². The lowest BCUT2D eigenvalue weighted by Gasteiger charge is -2.05. The predicted molar refractivity (Wildman–Crippen MR) is 72.3 cm³/mol. The van der Waals surface area contributed by atoms with Crippen LogP contribution in [0.15, 0.2) is 30.5 Å². The highest BCUT2D eigenvalue weighted by molar-refractivity contribution is 6.31. The van der Waals surface area contributed by atoms with Gasteiger partial charge in [0.2, 0.25) is 0 Å². The van der Waals surface area contributed by atoms with E-state index in [2.05, 4.69) is 9.97 Å². The molecule has 2 aromatic rings. The number of pyridine rings is 2. The summed E-state index contributed by atoms with van der Waals surface area (Å²) in [6, 6.07) is 3.85. The van der Waals surface area contributed by atoms with Gasteiger partial charge in [-0.25, -0.2) is 9.97 Å². The molecule has 2 aromatic heterocycles. The summed E-state index contributed by atoms with van der Waals surface area (Å²) < 4.78 is 71.3. The highest BCUT2D eigenvalue weighted by Gasteiger charge is 2.33. The molecule has 0 fully saturated rings. The van der Waals surface area contributed by atoms with Crippen LogP contribution in [0.25, 0.3) is 0 Å². The molecule has 0 saturated carbocycles. The molecule has 2 rings (SSSR count). The molecule has 2 heterocycles. The number of nitrogens with two attached hydrogens (primary N) is 2. The van der Waals surface area contributed by atoms with Crippen LogP contribution in [0.1, 0.15) is 11.4 Å². The number of nitrogen functional groups attached to an aromatic ring is 2. The van der Waals surface area contributed by atoms with E-state index in [9.17, 15) is 26.3 Å². The van der Waals surface area contributed by atoms with Crippen LogP contribution >= 0.6 is 11.6 Å². The van der Waals surface area contributed by atoms with Gasteiger partial charge in [-0.15, -0.1) is 0 Å². The molecule has 0 aromatic carbocycles. The van der Waals surface area contributed by atoms with Gasteiger partial charge in [0.05, 0.1) is 17.6 Å². The second-order valence-electron chi connectivity index (χ2n) is 4.05. The van der Waals surface area contributed by atoms with E-state index in [1.807, 2.05) is 0 Å². The average Bonchev–Trinajstić information content (AvgIpc) is 2.41. The molecular weight excluding hydrogens is 350 g/mol. The molecule has 4 nitrogen and oxygen atoms in total. The van der Waals surface area contributed by atoms with Crippen molar-refractivity contribution in [2.75, 3.05) is 11.5 Å². The lowest BCUT2D eigenvalue weighted by atomic mass is 10.3. The zero-order valence-electron chi connectivity index (χ0n) is 11.1. The normalized spacial score (nSPS) is 11.6. The smallest absolute Gasteiger partial charge is 0.397 e. The van der Waals surface area contributed by atoms with Crippen LogP contribution in [0.2, 0.25) is 5.15 Å². The summed E-state index contributed by atoms with van der Waals surface area (Å²) in [5, 5.41) is -0.329. The van der Waals surface area contributed by atoms with Crippen molar-refractivity contribution >= 4 is 23.0 Å². The Morgan fingerprint density at radius 1 is 0.826 bits per heavy atom. The molecule has 0 aliphatic carbocycles. The van der Waals surface area contributed by atoms with Gasteiger partial charge < -0.3 is 11.5 Å². The van der Waals surface area contributed by atoms with E-state index < -0.39 is 23.7 Å². The number of alkyl halides is 6. The van der Waals surface area contributed by atoms with E-state index in [4.69, 9.17) is 23.1 Å². The molecule has 0 radical (unpaired) electrons.